The van der Waals surface area contributed by atoms with Crippen LogP contribution in [-0.2, 0) is 0 Å². The van der Waals surface area contributed by atoms with E-state index in [9.17, 15) is 32.1 Å². The zero-order valence-corrected chi connectivity index (χ0v) is 10.5. The van der Waals surface area contributed by atoms with Gasteiger partial charge in [-0.2, -0.15) is 0 Å². The summed E-state index contributed by atoms with van der Waals surface area (Å²) < 4.78 is 66.5. The van der Waals surface area contributed by atoms with Gasteiger partial charge >= 0.3 is 0 Å². The summed E-state index contributed by atoms with van der Waals surface area (Å²) in [5, 5.41) is 10.2. The van der Waals surface area contributed by atoms with Crippen molar-refractivity contribution >= 4 is 17.3 Å². The fourth-order valence-electron chi connectivity index (χ4n) is 1.66. The van der Waals surface area contributed by atoms with Crippen LogP contribution in [0.15, 0.2) is 18.2 Å². The average Bonchev–Trinajstić information content (AvgIpc) is 2.45. The molecule has 0 bridgehead atoms. The van der Waals surface area contributed by atoms with Crippen molar-refractivity contribution in [1.82, 2.24) is 0 Å². The Bertz CT molecular complexity index is 737. The van der Waals surface area contributed by atoms with Crippen LogP contribution >= 0.6 is 11.6 Å². The van der Waals surface area contributed by atoms with Crippen LogP contribution in [0, 0.1) is 39.2 Å². The number of hydrogen-bond acceptors (Lipinski definition) is 2. The number of nitrogens with zero attached hydrogens (tertiary/aromatic N) is 1. The zero-order chi connectivity index (χ0) is 15.9. The highest BCUT2D eigenvalue weighted by atomic mass is 35.5. The van der Waals surface area contributed by atoms with Crippen LogP contribution in [0.25, 0.3) is 11.1 Å². The van der Waals surface area contributed by atoms with E-state index in [4.69, 9.17) is 11.6 Å². The molecule has 110 valence electrons. The van der Waals surface area contributed by atoms with E-state index in [0.29, 0.717) is 6.07 Å². The Balaban J connectivity index is 2.85. The fourth-order valence-corrected chi connectivity index (χ4v) is 1.87. The molecule has 0 aliphatic carbocycles. The van der Waals surface area contributed by atoms with Gasteiger partial charge in [0.2, 0.25) is 5.82 Å². The molecule has 0 heterocycles. The van der Waals surface area contributed by atoms with E-state index >= 15 is 0 Å². The van der Waals surface area contributed by atoms with Crippen molar-refractivity contribution in [2.75, 3.05) is 0 Å². The standard InChI is InChI=1S/C12H3ClF5NO2/c13-6-2-1-4(19(20)21)3-5(6)7-8(14)10(16)12(18)11(17)9(7)15/h1-3H. The van der Waals surface area contributed by atoms with E-state index in [0.717, 1.165) is 12.1 Å². The van der Waals surface area contributed by atoms with Gasteiger partial charge in [0.05, 0.1) is 10.5 Å². The maximum atomic E-state index is 13.7. The number of rotatable bonds is 2. The van der Waals surface area contributed by atoms with E-state index < -0.39 is 55.8 Å². The number of hydrogen-bond donors (Lipinski definition) is 0. The SMILES string of the molecule is O=[N+]([O-])c1ccc(Cl)c(-c2c(F)c(F)c(F)c(F)c2F)c1. The monoisotopic (exact) mass is 323 g/mol. The predicted octanol–water partition coefficient (Wildman–Crippen LogP) is 4.61. The molecular weight excluding hydrogens is 321 g/mol. The van der Waals surface area contributed by atoms with Gasteiger partial charge in [-0.05, 0) is 6.07 Å². The minimum absolute atomic E-state index is 0.399. The van der Waals surface area contributed by atoms with Gasteiger partial charge in [0, 0.05) is 22.7 Å². The summed E-state index contributed by atoms with van der Waals surface area (Å²) in [4.78, 5) is 9.72. The van der Waals surface area contributed by atoms with Crippen molar-refractivity contribution < 1.29 is 26.9 Å². The maximum absolute atomic E-state index is 13.7. The second-order valence-electron chi connectivity index (χ2n) is 3.87. The smallest absolute Gasteiger partial charge is 0.258 e. The normalized spacial score (nSPS) is 10.8. The summed E-state index contributed by atoms with van der Waals surface area (Å²) in [7, 11) is 0. The van der Waals surface area contributed by atoms with Crippen LogP contribution in [0.2, 0.25) is 5.02 Å². The molecule has 0 saturated carbocycles. The van der Waals surface area contributed by atoms with E-state index in [1.54, 1.807) is 0 Å². The molecule has 0 N–H and O–H groups in total. The average molecular weight is 324 g/mol. The van der Waals surface area contributed by atoms with Crippen LogP contribution < -0.4 is 0 Å². The molecular formula is C12H3ClF5NO2. The van der Waals surface area contributed by atoms with Gasteiger partial charge < -0.3 is 0 Å². The quantitative estimate of drug-likeness (QED) is 0.266. The van der Waals surface area contributed by atoms with Gasteiger partial charge in [-0.25, -0.2) is 22.0 Å². The molecule has 2 rings (SSSR count). The predicted molar refractivity (Wildman–Crippen MR) is 63.3 cm³/mol. The van der Waals surface area contributed by atoms with Crippen LogP contribution in [0.1, 0.15) is 0 Å². The number of nitro groups is 1. The molecule has 2 aromatic carbocycles. The van der Waals surface area contributed by atoms with Crippen LogP contribution in [0.3, 0.4) is 0 Å². The molecule has 0 fully saturated rings. The summed E-state index contributed by atoms with van der Waals surface area (Å²) in [6.07, 6.45) is 0. The Labute approximate surface area is 118 Å². The Morgan fingerprint density at radius 1 is 0.905 bits per heavy atom. The fraction of sp³-hybridized carbons (Fsp3) is 0. The maximum Gasteiger partial charge on any atom is 0.270 e. The molecule has 0 aromatic heterocycles. The lowest BCUT2D eigenvalue weighted by Gasteiger charge is -2.09. The first-order chi connectivity index (χ1) is 9.75. The highest BCUT2D eigenvalue weighted by molar-refractivity contribution is 6.33. The first-order valence-electron chi connectivity index (χ1n) is 5.21. The minimum Gasteiger partial charge on any atom is -0.258 e. The number of non-ortho nitro benzene ring substituents is 1. The summed E-state index contributed by atoms with van der Waals surface area (Å²) in [5.74, 6) is -10.9. The van der Waals surface area contributed by atoms with E-state index in [1.807, 2.05) is 0 Å². The van der Waals surface area contributed by atoms with Crippen molar-refractivity contribution in [2.24, 2.45) is 0 Å². The van der Waals surface area contributed by atoms with Crippen LogP contribution in [0.4, 0.5) is 27.6 Å². The number of halogens is 6. The van der Waals surface area contributed by atoms with Gasteiger partial charge in [-0.3, -0.25) is 10.1 Å². The highest BCUT2D eigenvalue weighted by Crippen LogP contribution is 2.37. The summed E-state index contributed by atoms with van der Waals surface area (Å²) >= 11 is 5.63. The topological polar surface area (TPSA) is 43.1 Å². The number of nitro benzene ring substituents is 1. The molecule has 0 radical (unpaired) electrons. The van der Waals surface area contributed by atoms with E-state index in [-0.39, 0.29) is 0 Å². The lowest BCUT2D eigenvalue weighted by atomic mass is 10.0. The third-order valence-corrected chi connectivity index (χ3v) is 2.97. The van der Waals surface area contributed by atoms with E-state index in [2.05, 4.69) is 0 Å². The van der Waals surface area contributed by atoms with Gasteiger partial charge in [0.1, 0.15) is 0 Å². The largest absolute Gasteiger partial charge is 0.270 e. The highest BCUT2D eigenvalue weighted by Gasteiger charge is 2.28. The van der Waals surface area contributed by atoms with Gasteiger partial charge in [-0.1, -0.05) is 11.6 Å². The molecule has 21 heavy (non-hydrogen) atoms. The number of benzene rings is 2. The van der Waals surface area contributed by atoms with Crippen molar-refractivity contribution in [3.05, 3.63) is 62.4 Å². The van der Waals surface area contributed by atoms with E-state index in [1.165, 1.54) is 0 Å². The van der Waals surface area contributed by atoms with Crippen molar-refractivity contribution in [3.63, 3.8) is 0 Å². The van der Waals surface area contributed by atoms with Crippen LogP contribution in [0.5, 0.6) is 0 Å². The molecule has 0 amide bonds. The lowest BCUT2D eigenvalue weighted by molar-refractivity contribution is -0.384. The van der Waals surface area contributed by atoms with Crippen LogP contribution in [-0.4, -0.2) is 4.92 Å². The summed E-state index contributed by atoms with van der Waals surface area (Å²) in [6, 6.07) is 2.48. The zero-order valence-electron chi connectivity index (χ0n) is 9.76. The second kappa shape index (κ2) is 5.28. The summed E-state index contributed by atoms with van der Waals surface area (Å²) in [6.45, 7) is 0. The first kappa shape index (κ1) is 15.2. The molecule has 0 spiro atoms. The lowest BCUT2D eigenvalue weighted by Crippen LogP contribution is -2.04. The van der Waals surface area contributed by atoms with Gasteiger partial charge in [0.15, 0.2) is 23.3 Å². The Hall–Kier alpha value is -2.22. The van der Waals surface area contributed by atoms with Gasteiger partial charge in [-0.15, -0.1) is 0 Å². The third-order valence-electron chi connectivity index (χ3n) is 2.64. The first-order valence-corrected chi connectivity index (χ1v) is 5.59. The van der Waals surface area contributed by atoms with Crippen molar-refractivity contribution in [2.45, 2.75) is 0 Å². The van der Waals surface area contributed by atoms with Crippen molar-refractivity contribution in [1.29, 1.82) is 0 Å². The molecule has 0 unspecified atom stereocenters. The molecule has 0 atom stereocenters. The second-order valence-corrected chi connectivity index (χ2v) is 4.27. The van der Waals surface area contributed by atoms with Gasteiger partial charge in [0.25, 0.3) is 5.69 Å². The molecule has 0 aliphatic heterocycles. The Morgan fingerprint density at radius 3 is 1.86 bits per heavy atom. The summed E-state index contributed by atoms with van der Waals surface area (Å²) in [5.41, 5.74) is -2.60. The Kier molecular flexibility index (Phi) is 3.82. The van der Waals surface area contributed by atoms with Crippen molar-refractivity contribution in [3.8, 4) is 11.1 Å². The minimum atomic E-state index is -2.32. The third kappa shape index (κ3) is 2.42. The molecule has 2 aromatic rings. The molecule has 3 nitrogen and oxygen atoms in total. The molecule has 9 heteroatoms. The Morgan fingerprint density at radius 2 is 1.38 bits per heavy atom. The molecule has 0 saturated heterocycles. The molecule has 0 aliphatic rings.